The van der Waals surface area contributed by atoms with Crippen LogP contribution in [0.5, 0.6) is 0 Å². The van der Waals surface area contributed by atoms with E-state index in [1.807, 2.05) is 0 Å². The molecule has 0 aromatic carbocycles. The van der Waals surface area contributed by atoms with Crippen LogP contribution in [-0.2, 0) is 0 Å². The molecule has 3 N–H and O–H groups in total. The van der Waals surface area contributed by atoms with E-state index in [4.69, 9.17) is 10.8 Å². The lowest BCUT2D eigenvalue weighted by molar-refractivity contribution is 0.242. The topological polar surface area (TPSA) is 46.2 Å². The number of hydrogen-bond donors (Lipinski definition) is 2. The minimum Gasteiger partial charge on any atom is -0.395 e. The van der Waals surface area contributed by atoms with Gasteiger partial charge < -0.3 is 10.8 Å². The highest BCUT2D eigenvalue weighted by Crippen LogP contribution is 2.20. The molecule has 10 heavy (non-hydrogen) atoms. The highest BCUT2D eigenvalue weighted by atomic mass is 16.3. The summed E-state index contributed by atoms with van der Waals surface area (Å²) >= 11 is 0. The van der Waals surface area contributed by atoms with Crippen molar-refractivity contribution in [3.63, 3.8) is 0 Å². The molecular weight excluding hydrogens is 126 g/mol. The van der Waals surface area contributed by atoms with Gasteiger partial charge in [-0.15, -0.1) is 0 Å². The first-order chi connectivity index (χ1) is 4.45. The minimum absolute atomic E-state index is 0.0285. The van der Waals surface area contributed by atoms with Crippen molar-refractivity contribution < 1.29 is 5.11 Å². The third-order valence-electron chi connectivity index (χ3n) is 1.50. The smallest absolute Gasteiger partial charge is 0.0582 e. The Labute approximate surface area is 63.4 Å². The normalized spacial score (nSPS) is 15.3. The molecular formula is C8H19NO. The monoisotopic (exact) mass is 145 g/mol. The van der Waals surface area contributed by atoms with Crippen molar-refractivity contribution in [3.05, 3.63) is 0 Å². The maximum absolute atomic E-state index is 8.61. The second-order valence-electron chi connectivity index (χ2n) is 4.04. The van der Waals surface area contributed by atoms with Crippen molar-refractivity contribution >= 4 is 0 Å². The largest absolute Gasteiger partial charge is 0.395 e. The molecule has 2 heteroatoms. The van der Waals surface area contributed by atoms with E-state index in [2.05, 4.69) is 20.8 Å². The van der Waals surface area contributed by atoms with Gasteiger partial charge in [0.05, 0.1) is 6.61 Å². The van der Waals surface area contributed by atoms with Crippen LogP contribution in [0, 0.1) is 5.41 Å². The Morgan fingerprint density at radius 2 is 1.90 bits per heavy atom. The van der Waals surface area contributed by atoms with E-state index in [0.717, 1.165) is 12.8 Å². The van der Waals surface area contributed by atoms with E-state index in [9.17, 15) is 0 Å². The van der Waals surface area contributed by atoms with Gasteiger partial charge in [0, 0.05) is 6.04 Å². The lowest BCUT2D eigenvalue weighted by atomic mass is 9.89. The molecule has 0 saturated carbocycles. The Bertz CT molecular complexity index is 85.7. The average Bonchev–Trinajstić information content (AvgIpc) is 1.81. The summed E-state index contributed by atoms with van der Waals surface area (Å²) in [4.78, 5) is 0. The Kier molecular flexibility index (Phi) is 3.91. The standard InChI is InChI=1S/C8H19NO/c1-8(2,3)5-4-7(9)6-10/h7,10H,4-6,9H2,1-3H3. The molecule has 0 spiro atoms. The van der Waals surface area contributed by atoms with Gasteiger partial charge in [-0.05, 0) is 18.3 Å². The zero-order valence-electron chi connectivity index (χ0n) is 7.22. The SMILES string of the molecule is CC(C)(C)CCC(N)CO. The van der Waals surface area contributed by atoms with E-state index >= 15 is 0 Å². The molecule has 0 aliphatic carbocycles. The van der Waals surface area contributed by atoms with E-state index in [0.29, 0.717) is 5.41 Å². The minimum atomic E-state index is -0.0285. The summed E-state index contributed by atoms with van der Waals surface area (Å²) in [6.45, 7) is 6.64. The third-order valence-corrected chi connectivity index (χ3v) is 1.50. The van der Waals surface area contributed by atoms with Crippen molar-refractivity contribution in [2.45, 2.75) is 39.7 Å². The molecule has 0 rings (SSSR count). The van der Waals surface area contributed by atoms with Crippen LogP contribution in [0.2, 0.25) is 0 Å². The van der Waals surface area contributed by atoms with Crippen LogP contribution in [-0.4, -0.2) is 17.8 Å². The molecule has 0 aromatic rings. The van der Waals surface area contributed by atoms with Crippen LogP contribution in [0.15, 0.2) is 0 Å². The third kappa shape index (κ3) is 6.05. The maximum Gasteiger partial charge on any atom is 0.0582 e. The summed E-state index contributed by atoms with van der Waals surface area (Å²) in [7, 11) is 0. The molecule has 1 unspecified atom stereocenters. The molecule has 0 saturated heterocycles. The summed E-state index contributed by atoms with van der Waals surface area (Å²) in [5.41, 5.74) is 5.87. The van der Waals surface area contributed by atoms with Crippen molar-refractivity contribution in [1.82, 2.24) is 0 Å². The molecule has 0 radical (unpaired) electrons. The van der Waals surface area contributed by atoms with Gasteiger partial charge in [0.1, 0.15) is 0 Å². The molecule has 0 aliphatic heterocycles. The van der Waals surface area contributed by atoms with Gasteiger partial charge in [-0.3, -0.25) is 0 Å². The van der Waals surface area contributed by atoms with Crippen LogP contribution < -0.4 is 5.73 Å². The van der Waals surface area contributed by atoms with Gasteiger partial charge in [0.25, 0.3) is 0 Å². The Morgan fingerprint density at radius 1 is 1.40 bits per heavy atom. The molecule has 62 valence electrons. The van der Waals surface area contributed by atoms with Crippen molar-refractivity contribution in [1.29, 1.82) is 0 Å². The van der Waals surface area contributed by atoms with Crippen LogP contribution in [0.25, 0.3) is 0 Å². The molecule has 0 aliphatic rings. The van der Waals surface area contributed by atoms with E-state index in [1.165, 1.54) is 0 Å². The maximum atomic E-state index is 8.61. The summed E-state index contributed by atoms with van der Waals surface area (Å²) in [5, 5.41) is 8.61. The van der Waals surface area contributed by atoms with E-state index in [-0.39, 0.29) is 12.6 Å². The van der Waals surface area contributed by atoms with Crippen LogP contribution in [0.4, 0.5) is 0 Å². The van der Waals surface area contributed by atoms with Crippen molar-refractivity contribution in [3.8, 4) is 0 Å². The number of aliphatic hydroxyl groups is 1. The summed E-state index contributed by atoms with van der Waals surface area (Å²) in [6, 6.07) is -0.0285. The number of nitrogens with two attached hydrogens (primary N) is 1. The quantitative estimate of drug-likeness (QED) is 0.625. The van der Waals surface area contributed by atoms with Gasteiger partial charge in [0.2, 0.25) is 0 Å². The van der Waals surface area contributed by atoms with Gasteiger partial charge in [0.15, 0.2) is 0 Å². The first-order valence-corrected chi connectivity index (χ1v) is 3.82. The van der Waals surface area contributed by atoms with Crippen LogP contribution in [0.1, 0.15) is 33.6 Å². The predicted molar refractivity (Wildman–Crippen MR) is 43.8 cm³/mol. The molecule has 0 bridgehead atoms. The summed E-state index contributed by atoms with van der Waals surface area (Å²) in [6.07, 6.45) is 1.99. The Morgan fingerprint density at radius 3 is 2.20 bits per heavy atom. The lowest BCUT2D eigenvalue weighted by Crippen LogP contribution is -2.25. The molecule has 0 aromatic heterocycles. The average molecular weight is 145 g/mol. The van der Waals surface area contributed by atoms with Gasteiger partial charge in [-0.25, -0.2) is 0 Å². The van der Waals surface area contributed by atoms with Crippen LogP contribution >= 0.6 is 0 Å². The summed E-state index contributed by atoms with van der Waals surface area (Å²) < 4.78 is 0. The number of rotatable bonds is 3. The van der Waals surface area contributed by atoms with Gasteiger partial charge >= 0.3 is 0 Å². The zero-order valence-corrected chi connectivity index (χ0v) is 7.22. The molecule has 1 atom stereocenters. The second kappa shape index (κ2) is 3.94. The van der Waals surface area contributed by atoms with Crippen LogP contribution in [0.3, 0.4) is 0 Å². The fourth-order valence-electron chi connectivity index (χ4n) is 0.710. The van der Waals surface area contributed by atoms with Gasteiger partial charge in [-0.1, -0.05) is 20.8 Å². The fourth-order valence-corrected chi connectivity index (χ4v) is 0.710. The molecule has 0 fully saturated rings. The first-order valence-electron chi connectivity index (χ1n) is 3.82. The van der Waals surface area contributed by atoms with E-state index < -0.39 is 0 Å². The highest BCUT2D eigenvalue weighted by Gasteiger charge is 2.11. The summed E-state index contributed by atoms with van der Waals surface area (Å²) in [5.74, 6) is 0. The van der Waals surface area contributed by atoms with Gasteiger partial charge in [-0.2, -0.15) is 0 Å². The van der Waals surface area contributed by atoms with Crippen molar-refractivity contribution in [2.24, 2.45) is 11.1 Å². The number of aliphatic hydroxyl groups excluding tert-OH is 1. The zero-order chi connectivity index (χ0) is 8.20. The van der Waals surface area contributed by atoms with Crippen molar-refractivity contribution in [2.75, 3.05) is 6.61 Å². The Balaban J connectivity index is 3.36. The molecule has 0 amide bonds. The molecule has 0 heterocycles. The molecule has 2 nitrogen and oxygen atoms in total. The predicted octanol–water partition coefficient (Wildman–Crippen LogP) is 1.13. The lowest BCUT2D eigenvalue weighted by Gasteiger charge is -2.19. The fraction of sp³-hybridized carbons (Fsp3) is 1.00. The highest BCUT2D eigenvalue weighted by molar-refractivity contribution is 4.66. The number of hydrogen-bond acceptors (Lipinski definition) is 2. The Hall–Kier alpha value is -0.0800. The second-order valence-corrected chi connectivity index (χ2v) is 4.04. The van der Waals surface area contributed by atoms with E-state index in [1.54, 1.807) is 0 Å². The first kappa shape index (κ1) is 9.92.